The predicted molar refractivity (Wildman–Crippen MR) is 65.4 cm³/mol. The Kier molecular flexibility index (Phi) is 4.34. The van der Waals surface area contributed by atoms with Gasteiger partial charge in [-0.15, -0.1) is 0 Å². The Morgan fingerprint density at radius 2 is 1.80 bits per heavy atom. The van der Waals surface area contributed by atoms with Crippen molar-refractivity contribution < 1.29 is 4.74 Å². The van der Waals surface area contributed by atoms with Crippen molar-refractivity contribution in [2.45, 2.75) is 46.6 Å². The highest BCUT2D eigenvalue weighted by Crippen LogP contribution is 2.26. The average molecular weight is 206 g/mol. The zero-order chi connectivity index (χ0) is 11.4. The Balaban J connectivity index is 3.26. The molecule has 1 rings (SSSR count). The number of methoxy groups -OCH3 is 1. The molecular weight excluding hydrogens is 184 g/mol. The van der Waals surface area contributed by atoms with Crippen LogP contribution < -0.4 is 0 Å². The number of aryl methyl sites for hydroxylation is 2. The fourth-order valence-corrected chi connectivity index (χ4v) is 2.26. The Labute approximate surface area is 93.5 Å². The van der Waals surface area contributed by atoms with E-state index in [0.717, 1.165) is 13.0 Å². The van der Waals surface area contributed by atoms with Crippen molar-refractivity contribution in [3.8, 4) is 0 Å². The van der Waals surface area contributed by atoms with Gasteiger partial charge in [-0.25, -0.2) is 0 Å². The Hall–Kier alpha value is -0.820. The van der Waals surface area contributed by atoms with Crippen molar-refractivity contribution >= 4 is 0 Å². The van der Waals surface area contributed by atoms with E-state index in [4.69, 9.17) is 4.74 Å². The maximum Gasteiger partial charge on any atom is 0.0716 e. The quantitative estimate of drug-likeness (QED) is 0.727. The highest BCUT2D eigenvalue weighted by molar-refractivity contribution is 5.40. The number of ether oxygens (including phenoxy) is 1. The summed E-state index contributed by atoms with van der Waals surface area (Å²) in [6.07, 6.45) is 1.10. The van der Waals surface area contributed by atoms with E-state index in [1.54, 1.807) is 7.11 Å². The first-order chi connectivity index (χ1) is 7.10. The van der Waals surface area contributed by atoms with Gasteiger partial charge in [0.2, 0.25) is 0 Å². The molecule has 1 aromatic rings. The number of benzene rings is 1. The molecule has 0 radical (unpaired) electrons. The van der Waals surface area contributed by atoms with Gasteiger partial charge in [-0.05, 0) is 36.0 Å². The summed E-state index contributed by atoms with van der Waals surface area (Å²) < 4.78 is 5.27. The van der Waals surface area contributed by atoms with Crippen LogP contribution in [-0.4, -0.2) is 7.11 Å². The highest BCUT2D eigenvalue weighted by Gasteiger charge is 2.11. The molecule has 1 heteroatoms. The molecule has 0 heterocycles. The normalized spacial score (nSPS) is 11.1. The summed E-state index contributed by atoms with van der Waals surface area (Å²) in [5.74, 6) is 0.575. The third-order valence-corrected chi connectivity index (χ3v) is 2.75. The lowest BCUT2D eigenvalue weighted by molar-refractivity contribution is 0.183. The molecule has 0 atom stereocenters. The molecule has 0 saturated carbocycles. The molecule has 0 saturated heterocycles. The maximum absolute atomic E-state index is 5.27. The Bertz CT molecular complexity index is 326. The lowest BCUT2D eigenvalue weighted by atomic mass is 9.89. The van der Waals surface area contributed by atoms with Crippen molar-refractivity contribution in [2.24, 2.45) is 0 Å². The summed E-state index contributed by atoms with van der Waals surface area (Å²) in [5.41, 5.74) is 5.63. The third-order valence-electron chi connectivity index (χ3n) is 2.75. The standard InChI is InChI=1S/C14H22O/c1-6-12-7-11(4)8-13(9-15-5)14(12)10(2)3/h7-8,10H,6,9H2,1-5H3. The molecule has 0 aliphatic carbocycles. The summed E-state index contributed by atoms with van der Waals surface area (Å²) in [5, 5.41) is 0. The van der Waals surface area contributed by atoms with Crippen LogP contribution in [0.25, 0.3) is 0 Å². The Morgan fingerprint density at radius 1 is 1.20 bits per heavy atom. The van der Waals surface area contributed by atoms with Gasteiger partial charge in [0.05, 0.1) is 6.61 Å². The molecule has 0 unspecified atom stereocenters. The van der Waals surface area contributed by atoms with Gasteiger partial charge in [0.15, 0.2) is 0 Å². The zero-order valence-corrected chi connectivity index (χ0v) is 10.6. The van der Waals surface area contributed by atoms with Crippen LogP contribution in [0.4, 0.5) is 0 Å². The highest BCUT2D eigenvalue weighted by atomic mass is 16.5. The average Bonchev–Trinajstić information content (AvgIpc) is 2.16. The largest absolute Gasteiger partial charge is 0.380 e. The van der Waals surface area contributed by atoms with Crippen LogP contribution in [0.2, 0.25) is 0 Å². The van der Waals surface area contributed by atoms with E-state index in [1.807, 2.05) is 0 Å². The van der Waals surface area contributed by atoms with E-state index in [1.165, 1.54) is 22.3 Å². The molecule has 0 fully saturated rings. The molecule has 1 nitrogen and oxygen atoms in total. The molecule has 15 heavy (non-hydrogen) atoms. The van der Waals surface area contributed by atoms with Crippen LogP contribution in [-0.2, 0) is 17.8 Å². The summed E-state index contributed by atoms with van der Waals surface area (Å²) in [4.78, 5) is 0. The minimum absolute atomic E-state index is 0.575. The fraction of sp³-hybridized carbons (Fsp3) is 0.571. The van der Waals surface area contributed by atoms with Crippen LogP contribution in [0.1, 0.15) is 48.9 Å². The third kappa shape index (κ3) is 2.82. The van der Waals surface area contributed by atoms with Crippen molar-refractivity contribution in [1.29, 1.82) is 0 Å². The van der Waals surface area contributed by atoms with E-state index >= 15 is 0 Å². The first-order valence-electron chi connectivity index (χ1n) is 5.71. The molecular formula is C14H22O. The second kappa shape index (κ2) is 5.32. The van der Waals surface area contributed by atoms with Crippen LogP contribution >= 0.6 is 0 Å². The van der Waals surface area contributed by atoms with Gasteiger partial charge in [-0.1, -0.05) is 38.5 Å². The molecule has 0 amide bonds. The zero-order valence-electron chi connectivity index (χ0n) is 10.6. The van der Waals surface area contributed by atoms with Crippen molar-refractivity contribution in [2.75, 3.05) is 7.11 Å². The topological polar surface area (TPSA) is 9.23 Å². The van der Waals surface area contributed by atoms with Gasteiger partial charge >= 0.3 is 0 Å². The van der Waals surface area contributed by atoms with Crippen LogP contribution in [0.15, 0.2) is 12.1 Å². The van der Waals surface area contributed by atoms with Crippen molar-refractivity contribution in [3.63, 3.8) is 0 Å². The lowest BCUT2D eigenvalue weighted by Crippen LogP contribution is -2.03. The van der Waals surface area contributed by atoms with Gasteiger partial charge < -0.3 is 4.74 Å². The van der Waals surface area contributed by atoms with E-state index in [9.17, 15) is 0 Å². The SMILES string of the molecule is CCc1cc(C)cc(COC)c1C(C)C. The maximum atomic E-state index is 5.27. The molecule has 0 spiro atoms. The number of rotatable bonds is 4. The minimum Gasteiger partial charge on any atom is -0.380 e. The molecule has 1 aromatic carbocycles. The number of hydrogen-bond acceptors (Lipinski definition) is 1. The van der Waals surface area contributed by atoms with Gasteiger partial charge in [0.1, 0.15) is 0 Å². The first kappa shape index (κ1) is 12.3. The predicted octanol–water partition coefficient (Wildman–Crippen LogP) is 3.83. The summed E-state index contributed by atoms with van der Waals surface area (Å²) in [7, 11) is 1.76. The second-order valence-corrected chi connectivity index (χ2v) is 4.44. The van der Waals surface area contributed by atoms with Crippen LogP contribution in [0.3, 0.4) is 0 Å². The van der Waals surface area contributed by atoms with Gasteiger partial charge in [0, 0.05) is 7.11 Å². The van der Waals surface area contributed by atoms with Gasteiger partial charge in [-0.2, -0.15) is 0 Å². The van der Waals surface area contributed by atoms with E-state index in [0.29, 0.717) is 5.92 Å². The fourth-order valence-electron chi connectivity index (χ4n) is 2.26. The molecule has 0 N–H and O–H groups in total. The van der Waals surface area contributed by atoms with E-state index in [-0.39, 0.29) is 0 Å². The molecule has 0 bridgehead atoms. The minimum atomic E-state index is 0.575. The molecule has 0 aliphatic heterocycles. The lowest BCUT2D eigenvalue weighted by Gasteiger charge is -2.18. The summed E-state index contributed by atoms with van der Waals surface area (Å²) in [6.45, 7) is 9.60. The number of hydrogen-bond donors (Lipinski definition) is 0. The summed E-state index contributed by atoms with van der Waals surface area (Å²) in [6, 6.07) is 4.55. The van der Waals surface area contributed by atoms with Gasteiger partial charge in [-0.3, -0.25) is 0 Å². The summed E-state index contributed by atoms with van der Waals surface area (Å²) >= 11 is 0. The van der Waals surface area contributed by atoms with Crippen molar-refractivity contribution in [3.05, 3.63) is 34.4 Å². The monoisotopic (exact) mass is 206 g/mol. The Morgan fingerprint density at radius 3 is 2.27 bits per heavy atom. The van der Waals surface area contributed by atoms with E-state index < -0.39 is 0 Å². The van der Waals surface area contributed by atoms with Gasteiger partial charge in [0.25, 0.3) is 0 Å². The second-order valence-electron chi connectivity index (χ2n) is 4.44. The molecule has 0 aliphatic rings. The van der Waals surface area contributed by atoms with Crippen molar-refractivity contribution in [1.82, 2.24) is 0 Å². The smallest absolute Gasteiger partial charge is 0.0716 e. The first-order valence-corrected chi connectivity index (χ1v) is 5.71. The molecule has 84 valence electrons. The van der Waals surface area contributed by atoms with E-state index in [2.05, 4.69) is 39.8 Å². The molecule has 0 aromatic heterocycles. The van der Waals surface area contributed by atoms with Crippen LogP contribution in [0.5, 0.6) is 0 Å². The van der Waals surface area contributed by atoms with Crippen LogP contribution in [0, 0.1) is 6.92 Å².